The third-order valence-corrected chi connectivity index (χ3v) is 4.95. The van der Waals surface area contributed by atoms with Gasteiger partial charge in [-0.1, -0.05) is 28.1 Å². The molecule has 0 fully saturated rings. The maximum Gasteiger partial charge on any atom is 0.162 e. The molecular weight excluding hydrogens is 392 g/mol. The van der Waals surface area contributed by atoms with E-state index in [1.807, 2.05) is 51.4 Å². The quantitative estimate of drug-likeness (QED) is 0.663. The smallest absolute Gasteiger partial charge is 0.162 e. The van der Waals surface area contributed by atoms with Gasteiger partial charge in [0.05, 0.1) is 23.6 Å². The van der Waals surface area contributed by atoms with Crippen LogP contribution >= 0.6 is 15.9 Å². The van der Waals surface area contributed by atoms with Crippen molar-refractivity contribution in [1.29, 1.82) is 0 Å². The summed E-state index contributed by atoms with van der Waals surface area (Å²) in [5.74, 6) is 1.74. The van der Waals surface area contributed by atoms with Crippen LogP contribution in [0.5, 0.6) is 0 Å². The zero-order chi connectivity index (χ0) is 18.3. The Hall–Kier alpha value is -2.38. The van der Waals surface area contributed by atoms with E-state index < -0.39 is 0 Å². The molecule has 1 aliphatic heterocycles. The number of halogens is 1. The lowest BCUT2D eigenvalue weighted by atomic mass is 10.0. The summed E-state index contributed by atoms with van der Waals surface area (Å²) in [6, 6.07) is 11.9. The molecule has 1 atom stereocenters. The zero-order valence-electron chi connectivity index (χ0n) is 14.9. The average molecular weight is 411 g/mol. The van der Waals surface area contributed by atoms with E-state index in [0.717, 1.165) is 38.8 Å². The van der Waals surface area contributed by atoms with E-state index >= 15 is 0 Å². The van der Waals surface area contributed by atoms with E-state index in [1.54, 1.807) is 6.20 Å². The second-order valence-corrected chi connectivity index (χ2v) is 7.40. The molecule has 3 heterocycles. The minimum Gasteiger partial charge on any atom is -0.302 e. The van der Waals surface area contributed by atoms with Crippen molar-refractivity contribution in [3.05, 3.63) is 70.0 Å². The summed E-state index contributed by atoms with van der Waals surface area (Å²) in [4.78, 5) is 11.6. The van der Waals surface area contributed by atoms with Gasteiger partial charge in [0.2, 0.25) is 0 Å². The fraction of sp³-hybridized carbons (Fsp3) is 0.263. The SMILES string of the molecule is CC1N=C(c2ccccn2)c2c(Br)cccc2-n2c(CN(C)C)nnc21. The van der Waals surface area contributed by atoms with E-state index in [0.29, 0.717) is 6.54 Å². The van der Waals surface area contributed by atoms with Crippen molar-refractivity contribution in [2.24, 2.45) is 4.99 Å². The summed E-state index contributed by atoms with van der Waals surface area (Å²) in [5, 5.41) is 8.88. The summed E-state index contributed by atoms with van der Waals surface area (Å²) in [6.07, 6.45) is 1.79. The van der Waals surface area contributed by atoms with Crippen molar-refractivity contribution in [2.75, 3.05) is 14.1 Å². The van der Waals surface area contributed by atoms with E-state index in [-0.39, 0.29) is 6.04 Å². The molecule has 0 saturated carbocycles. The average Bonchev–Trinajstić information content (AvgIpc) is 2.97. The largest absolute Gasteiger partial charge is 0.302 e. The Morgan fingerprint density at radius 1 is 1.12 bits per heavy atom. The fourth-order valence-electron chi connectivity index (χ4n) is 3.20. The number of benzene rings is 1. The summed E-state index contributed by atoms with van der Waals surface area (Å²) in [6.45, 7) is 2.74. The molecule has 4 rings (SSSR count). The van der Waals surface area contributed by atoms with Gasteiger partial charge in [0.25, 0.3) is 0 Å². The van der Waals surface area contributed by atoms with Gasteiger partial charge in [-0.3, -0.25) is 14.5 Å². The fourth-order valence-corrected chi connectivity index (χ4v) is 3.74. The Bertz CT molecular complexity index is 977. The molecule has 0 bridgehead atoms. The predicted molar refractivity (Wildman–Crippen MR) is 105 cm³/mol. The predicted octanol–water partition coefficient (Wildman–Crippen LogP) is 3.40. The number of hydrogen-bond donors (Lipinski definition) is 0. The first-order valence-electron chi connectivity index (χ1n) is 8.43. The van der Waals surface area contributed by atoms with Gasteiger partial charge < -0.3 is 4.90 Å². The maximum atomic E-state index is 4.97. The molecular formula is C19H19BrN6. The third kappa shape index (κ3) is 2.87. The number of aliphatic imine (C=N–C) groups is 1. The minimum absolute atomic E-state index is 0.130. The summed E-state index contributed by atoms with van der Waals surface area (Å²) >= 11 is 3.72. The monoisotopic (exact) mass is 410 g/mol. The molecule has 7 heteroatoms. The van der Waals surface area contributed by atoms with E-state index in [4.69, 9.17) is 4.99 Å². The normalized spacial score (nSPS) is 16.0. The Balaban J connectivity index is 2.01. The van der Waals surface area contributed by atoms with Gasteiger partial charge >= 0.3 is 0 Å². The van der Waals surface area contributed by atoms with Crippen LogP contribution in [0.25, 0.3) is 5.69 Å². The van der Waals surface area contributed by atoms with Gasteiger partial charge in [0, 0.05) is 16.2 Å². The lowest BCUT2D eigenvalue weighted by Gasteiger charge is -2.16. The number of aromatic nitrogens is 4. The van der Waals surface area contributed by atoms with Crippen LogP contribution in [0, 0.1) is 0 Å². The first-order chi connectivity index (χ1) is 12.6. The van der Waals surface area contributed by atoms with Gasteiger partial charge in [-0.2, -0.15) is 0 Å². The Kier molecular flexibility index (Phi) is 4.42. The third-order valence-electron chi connectivity index (χ3n) is 4.29. The molecule has 0 saturated heterocycles. The Morgan fingerprint density at radius 2 is 1.96 bits per heavy atom. The lowest BCUT2D eigenvalue weighted by molar-refractivity contribution is 0.386. The maximum absolute atomic E-state index is 4.97. The molecule has 1 aromatic carbocycles. The molecule has 2 aromatic heterocycles. The molecule has 1 aliphatic rings. The number of fused-ring (bicyclic) bond motifs is 3. The summed E-state index contributed by atoms with van der Waals surface area (Å²) < 4.78 is 3.11. The van der Waals surface area contributed by atoms with Crippen molar-refractivity contribution in [3.63, 3.8) is 0 Å². The van der Waals surface area contributed by atoms with Crippen molar-refractivity contribution in [3.8, 4) is 5.69 Å². The highest BCUT2D eigenvalue weighted by molar-refractivity contribution is 9.10. The second-order valence-electron chi connectivity index (χ2n) is 6.55. The highest BCUT2D eigenvalue weighted by Gasteiger charge is 2.28. The van der Waals surface area contributed by atoms with Crippen LogP contribution in [0.2, 0.25) is 0 Å². The van der Waals surface area contributed by atoms with E-state index in [9.17, 15) is 0 Å². The highest BCUT2D eigenvalue weighted by Crippen LogP contribution is 2.34. The topological polar surface area (TPSA) is 59.2 Å². The van der Waals surface area contributed by atoms with Crippen molar-refractivity contribution < 1.29 is 0 Å². The number of rotatable bonds is 3. The van der Waals surface area contributed by atoms with Crippen LogP contribution in [0.3, 0.4) is 0 Å². The highest BCUT2D eigenvalue weighted by atomic mass is 79.9. The molecule has 1 unspecified atom stereocenters. The van der Waals surface area contributed by atoms with Crippen LogP contribution in [0.4, 0.5) is 0 Å². The number of nitrogens with zero attached hydrogens (tertiary/aromatic N) is 6. The van der Waals surface area contributed by atoms with Crippen LogP contribution in [-0.4, -0.2) is 44.5 Å². The van der Waals surface area contributed by atoms with E-state index in [1.165, 1.54) is 0 Å². The molecule has 132 valence electrons. The Labute approximate surface area is 160 Å². The van der Waals surface area contributed by atoms with Crippen molar-refractivity contribution in [1.82, 2.24) is 24.6 Å². The van der Waals surface area contributed by atoms with Crippen LogP contribution < -0.4 is 0 Å². The van der Waals surface area contributed by atoms with Gasteiger partial charge in [-0.05, 0) is 45.3 Å². The van der Waals surface area contributed by atoms with Crippen LogP contribution in [-0.2, 0) is 6.54 Å². The molecule has 0 N–H and O–H groups in total. The van der Waals surface area contributed by atoms with Gasteiger partial charge in [-0.15, -0.1) is 10.2 Å². The molecule has 26 heavy (non-hydrogen) atoms. The molecule has 3 aromatic rings. The zero-order valence-corrected chi connectivity index (χ0v) is 16.5. The minimum atomic E-state index is -0.130. The van der Waals surface area contributed by atoms with Crippen molar-refractivity contribution in [2.45, 2.75) is 19.5 Å². The standard InChI is InChI=1S/C19H19BrN6/c1-12-19-24-23-16(11-25(2)3)26(19)15-9-6-7-13(20)17(15)18(22-12)14-8-4-5-10-21-14/h4-10,12H,11H2,1-3H3. The number of hydrogen-bond acceptors (Lipinski definition) is 5. The molecule has 0 aliphatic carbocycles. The summed E-state index contributed by atoms with van der Waals surface area (Å²) in [5.41, 5.74) is 3.74. The second kappa shape index (κ2) is 6.74. The van der Waals surface area contributed by atoms with Crippen LogP contribution in [0.15, 0.2) is 52.1 Å². The molecule has 0 spiro atoms. The van der Waals surface area contributed by atoms with Crippen LogP contribution in [0.1, 0.15) is 35.9 Å². The molecule has 6 nitrogen and oxygen atoms in total. The summed E-state index contributed by atoms with van der Waals surface area (Å²) in [7, 11) is 4.05. The first kappa shape index (κ1) is 17.1. The van der Waals surface area contributed by atoms with Gasteiger partial charge in [0.15, 0.2) is 11.6 Å². The van der Waals surface area contributed by atoms with Crippen molar-refractivity contribution >= 4 is 21.6 Å². The first-order valence-corrected chi connectivity index (χ1v) is 9.23. The Morgan fingerprint density at radius 3 is 2.69 bits per heavy atom. The number of pyridine rings is 1. The van der Waals surface area contributed by atoms with Gasteiger partial charge in [-0.25, -0.2) is 0 Å². The molecule has 0 radical (unpaired) electrons. The van der Waals surface area contributed by atoms with E-state index in [2.05, 4.69) is 46.6 Å². The van der Waals surface area contributed by atoms with Gasteiger partial charge in [0.1, 0.15) is 6.04 Å². The lowest BCUT2D eigenvalue weighted by Crippen LogP contribution is -2.17. The molecule has 0 amide bonds.